The first-order chi connectivity index (χ1) is 8.81. The summed E-state index contributed by atoms with van der Waals surface area (Å²) < 4.78 is 4.27. The number of aromatic nitrogens is 2. The van der Waals surface area contributed by atoms with Crippen molar-refractivity contribution in [3.8, 4) is 0 Å². The Morgan fingerprint density at radius 2 is 1.89 bits per heavy atom. The van der Waals surface area contributed by atoms with Crippen LogP contribution in [0.2, 0.25) is 0 Å². The lowest BCUT2D eigenvalue weighted by Crippen LogP contribution is -2.38. The number of likely N-dealkylation sites (tertiary alicyclic amines) is 1. The van der Waals surface area contributed by atoms with Crippen molar-refractivity contribution in [1.82, 2.24) is 14.3 Å². The second-order valence-corrected chi connectivity index (χ2v) is 6.29. The van der Waals surface area contributed by atoms with Crippen LogP contribution in [0.4, 0.5) is 5.13 Å². The predicted molar refractivity (Wildman–Crippen MR) is 75.3 cm³/mol. The van der Waals surface area contributed by atoms with Crippen LogP contribution in [0, 0.1) is 12.8 Å². The fourth-order valence-electron chi connectivity index (χ4n) is 3.05. The molecule has 2 fully saturated rings. The molecule has 3 heterocycles. The minimum Gasteiger partial charge on any atom is -0.347 e. The number of hydrogen-bond acceptors (Lipinski definition) is 5. The van der Waals surface area contributed by atoms with Crippen molar-refractivity contribution in [1.29, 1.82) is 0 Å². The van der Waals surface area contributed by atoms with Crippen molar-refractivity contribution >= 4 is 16.7 Å². The molecule has 1 aromatic heterocycles. The third-order valence-corrected chi connectivity index (χ3v) is 4.99. The van der Waals surface area contributed by atoms with Gasteiger partial charge in [0.2, 0.25) is 5.13 Å². The van der Waals surface area contributed by atoms with Gasteiger partial charge in [0, 0.05) is 31.2 Å². The molecule has 2 saturated heterocycles. The largest absolute Gasteiger partial charge is 0.347 e. The van der Waals surface area contributed by atoms with Crippen LogP contribution >= 0.6 is 11.5 Å². The summed E-state index contributed by atoms with van der Waals surface area (Å²) in [5.74, 6) is 1.81. The van der Waals surface area contributed by atoms with E-state index in [1.807, 2.05) is 6.92 Å². The molecule has 0 atom stereocenters. The Morgan fingerprint density at radius 3 is 2.50 bits per heavy atom. The fraction of sp³-hybridized carbons (Fsp3) is 0.846. The Morgan fingerprint density at radius 1 is 1.17 bits per heavy atom. The average Bonchev–Trinajstić information content (AvgIpc) is 3.02. The number of piperidine rings is 1. The van der Waals surface area contributed by atoms with Crippen LogP contribution < -0.4 is 4.90 Å². The van der Waals surface area contributed by atoms with Crippen molar-refractivity contribution in [2.45, 2.75) is 32.6 Å². The lowest BCUT2D eigenvalue weighted by molar-refractivity contribution is 0.249. The van der Waals surface area contributed by atoms with Gasteiger partial charge in [-0.1, -0.05) is 0 Å². The summed E-state index contributed by atoms with van der Waals surface area (Å²) in [4.78, 5) is 9.54. The summed E-state index contributed by atoms with van der Waals surface area (Å²) in [6, 6.07) is 0. The summed E-state index contributed by atoms with van der Waals surface area (Å²) in [6.07, 6.45) is 5.44. The Kier molecular flexibility index (Phi) is 3.80. The normalized spacial score (nSPS) is 22.8. The summed E-state index contributed by atoms with van der Waals surface area (Å²) in [5.41, 5.74) is 0. The standard InChI is InChI=1S/C13H22N4S/c1-11-14-13(18-15-11)17-8-4-12(5-9-17)10-16-6-2-3-7-16/h12H,2-10H2,1H3. The maximum atomic E-state index is 4.49. The molecule has 0 unspecified atom stereocenters. The van der Waals surface area contributed by atoms with Gasteiger partial charge in [0.25, 0.3) is 0 Å². The molecular formula is C13H22N4S. The van der Waals surface area contributed by atoms with Gasteiger partial charge in [-0.05, 0) is 51.6 Å². The summed E-state index contributed by atoms with van der Waals surface area (Å²) in [6.45, 7) is 8.27. The molecule has 0 aromatic carbocycles. The molecule has 18 heavy (non-hydrogen) atoms. The molecule has 2 aliphatic rings. The van der Waals surface area contributed by atoms with Gasteiger partial charge >= 0.3 is 0 Å². The van der Waals surface area contributed by atoms with Gasteiger partial charge in [-0.3, -0.25) is 0 Å². The van der Waals surface area contributed by atoms with Crippen LogP contribution in [0.25, 0.3) is 0 Å². The highest BCUT2D eigenvalue weighted by atomic mass is 32.1. The van der Waals surface area contributed by atoms with Crippen LogP contribution in [0.3, 0.4) is 0 Å². The second-order valence-electron chi connectivity index (χ2n) is 5.56. The summed E-state index contributed by atoms with van der Waals surface area (Å²) in [7, 11) is 0. The zero-order valence-corrected chi connectivity index (χ0v) is 12.0. The number of hydrogen-bond donors (Lipinski definition) is 0. The lowest BCUT2D eigenvalue weighted by Gasteiger charge is -2.33. The molecule has 5 heteroatoms. The fourth-order valence-corrected chi connectivity index (χ4v) is 3.78. The molecule has 100 valence electrons. The number of aryl methyl sites for hydroxylation is 1. The third kappa shape index (κ3) is 2.83. The molecule has 2 aliphatic heterocycles. The van der Waals surface area contributed by atoms with E-state index >= 15 is 0 Å². The third-order valence-electron chi connectivity index (χ3n) is 4.12. The Hall–Kier alpha value is -0.680. The number of anilines is 1. The van der Waals surface area contributed by atoms with E-state index in [0.29, 0.717) is 0 Å². The first kappa shape index (κ1) is 12.4. The first-order valence-corrected chi connectivity index (χ1v) is 7.86. The van der Waals surface area contributed by atoms with Gasteiger partial charge < -0.3 is 9.80 Å². The van der Waals surface area contributed by atoms with Crippen LogP contribution in [0.15, 0.2) is 0 Å². The molecule has 0 bridgehead atoms. The van der Waals surface area contributed by atoms with Crippen molar-refractivity contribution in [3.63, 3.8) is 0 Å². The molecule has 0 amide bonds. The predicted octanol–water partition coefficient (Wildman–Crippen LogP) is 2.16. The van der Waals surface area contributed by atoms with Crippen LogP contribution in [-0.2, 0) is 0 Å². The second kappa shape index (κ2) is 5.53. The number of rotatable bonds is 3. The van der Waals surface area contributed by atoms with E-state index in [9.17, 15) is 0 Å². The van der Waals surface area contributed by atoms with Crippen LogP contribution in [-0.4, -0.2) is 47.0 Å². The lowest BCUT2D eigenvalue weighted by atomic mass is 9.96. The summed E-state index contributed by atoms with van der Waals surface area (Å²) >= 11 is 1.54. The van der Waals surface area contributed by atoms with Gasteiger partial charge in [-0.2, -0.15) is 4.37 Å². The number of nitrogens with zero attached hydrogens (tertiary/aromatic N) is 4. The van der Waals surface area contributed by atoms with Crippen molar-refractivity contribution in [2.75, 3.05) is 37.6 Å². The summed E-state index contributed by atoms with van der Waals surface area (Å²) in [5, 5.41) is 1.12. The molecule has 0 spiro atoms. The molecule has 3 rings (SSSR count). The Bertz CT molecular complexity index is 378. The van der Waals surface area contributed by atoms with E-state index in [1.165, 1.54) is 45.3 Å². The maximum Gasteiger partial charge on any atom is 0.205 e. The molecule has 0 N–H and O–H groups in total. The SMILES string of the molecule is Cc1nsc(N2CCC(CN3CCCC3)CC2)n1. The highest BCUT2D eigenvalue weighted by Crippen LogP contribution is 2.25. The Labute approximate surface area is 113 Å². The monoisotopic (exact) mass is 266 g/mol. The average molecular weight is 266 g/mol. The van der Waals surface area contributed by atoms with Gasteiger partial charge in [0.15, 0.2) is 0 Å². The smallest absolute Gasteiger partial charge is 0.205 e. The van der Waals surface area contributed by atoms with Gasteiger partial charge in [0.1, 0.15) is 5.82 Å². The van der Waals surface area contributed by atoms with Gasteiger partial charge in [0.05, 0.1) is 0 Å². The zero-order valence-electron chi connectivity index (χ0n) is 11.1. The first-order valence-electron chi connectivity index (χ1n) is 7.09. The van der Waals surface area contributed by atoms with Crippen molar-refractivity contribution in [3.05, 3.63) is 5.82 Å². The Balaban J connectivity index is 1.48. The van der Waals surface area contributed by atoms with Crippen LogP contribution in [0.1, 0.15) is 31.5 Å². The van der Waals surface area contributed by atoms with Crippen LogP contribution in [0.5, 0.6) is 0 Å². The maximum absolute atomic E-state index is 4.49. The van der Waals surface area contributed by atoms with E-state index in [0.717, 1.165) is 30.0 Å². The highest BCUT2D eigenvalue weighted by molar-refractivity contribution is 7.09. The quantitative estimate of drug-likeness (QED) is 0.839. The van der Waals surface area contributed by atoms with E-state index in [1.54, 1.807) is 11.5 Å². The molecule has 0 radical (unpaired) electrons. The van der Waals surface area contributed by atoms with E-state index in [2.05, 4.69) is 19.2 Å². The van der Waals surface area contributed by atoms with E-state index in [4.69, 9.17) is 0 Å². The minimum atomic E-state index is 0.897. The topological polar surface area (TPSA) is 32.3 Å². The van der Waals surface area contributed by atoms with Crippen molar-refractivity contribution in [2.24, 2.45) is 5.92 Å². The highest BCUT2D eigenvalue weighted by Gasteiger charge is 2.24. The van der Waals surface area contributed by atoms with Gasteiger partial charge in [-0.25, -0.2) is 4.98 Å². The van der Waals surface area contributed by atoms with E-state index < -0.39 is 0 Å². The molecule has 4 nitrogen and oxygen atoms in total. The molecular weight excluding hydrogens is 244 g/mol. The molecule has 1 aromatic rings. The van der Waals surface area contributed by atoms with E-state index in [-0.39, 0.29) is 0 Å². The minimum absolute atomic E-state index is 0.897. The molecule has 0 saturated carbocycles. The van der Waals surface area contributed by atoms with Crippen molar-refractivity contribution < 1.29 is 0 Å². The molecule has 0 aliphatic carbocycles. The van der Waals surface area contributed by atoms with Gasteiger partial charge in [-0.15, -0.1) is 0 Å². The zero-order chi connectivity index (χ0) is 12.4.